The zero-order valence-corrected chi connectivity index (χ0v) is 11.8. The molecule has 2 rings (SSSR count). The number of benzene rings is 2. The second-order valence-corrected chi connectivity index (χ2v) is 5.33. The van der Waals surface area contributed by atoms with E-state index < -0.39 is 0 Å². The molecule has 0 amide bonds. The average molecular weight is 338 g/mol. The summed E-state index contributed by atoms with van der Waals surface area (Å²) in [6.45, 7) is 4.14. The lowest BCUT2D eigenvalue weighted by atomic mass is 10.00. The van der Waals surface area contributed by atoms with Gasteiger partial charge in [-0.05, 0) is 41.0 Å². The van der Waals surface area contributed by atoms with Gasteiger partial charge in [0.2, 0.25) is 0 Å². The van der Waals surface area contributed by atoms with Crippen LogP contribution in [0.4, 0.5) is 0 Å². The van der Waals surface area contributed by atoms with Gasteiger partial charge in [0, 0.05) is 8.95 Å². The molecule has 0 fully saturated rings. The molecule has 0 spiro atoms. The highest BCUT2D eigenvalue weighted by atomic mass is 79.9. The molecule has 2 aromatic carbocycles. The van der Waals surface area contributed by atoms with Crippen molar-refractivity contribution in [3.63, 3.8) is 0 Å². The Balaban J connectivity index is 2.39. The minimum absolute atomic E-state index is 1.03. The highest BCUT2D eigenvalue weighted by molar-refractivity contribution is 9.10. The number of rotatable bonds is 2. The molecule has 0 radical (unpaired) electrons. The first-order valence-electron chi connectivity index (χ1n) is 4.87. The SMILES string of the molecule is C=C(c1cccc(Br)c1)c1cccc(Br)c1. The molecule has 0 heterocycles. The maximum Gasteiger partial charge on any atom is 0.0181 e. The Morgan fingerprint density at radius 3 is 1.62 bits per heavy atom. The molecule has 2 aromatic rings. The van der Waals surface area contributed by atoms with Gasteiger partial charge in [-0.25, -0.2) is 0 Å². The summed E-state index contributed by atoms with van der Waals surface area (Å²) < 4.78 is 2.14. The molecule has 0 saturated heterocycles. The van der Waals surface area contributed by atoms with Crippen molar-refractivity contribution in [2.45, 2.75) is 0 Å². The van der Waals surface area contributed by atoms with E-state index in [0.717, 1.165) is 25.6 Å². The fraction of sp³-hybridized carbons (Fsp3) is 0. The van der Waals surface area contributed by atoms with E-state index in [1.807, 2.05) is 24.3 Å². The topological polar surface area (TPSA) is 0 Å². The van der Waals surface area contributed by atoms with Crippen molar-refractivity contribution in [1.29, 1.82) is 0 Å². The molecule has 0 atom stereocenters. The van der Waals surface area contributed by atoms with Gasteiger partial charge in [-0.1, -0.05) is 62.7 Å². The van der Waals surface area contributed by atoms with Crippen LogP contribution in [-0.2, 0) is 0 Å². The van der Waals surface area contributed by atoms with Crippen LogP contribution in [0.15, 0.2) is 64.1 Å². The molecule has 16 heavy (non-hydrogen) atoms. The standard InChI is InChI=1S/C14H10Br2/c1-10(11-4-2-6-13(15)8-11)12-5-3-7-14(16)9-12/h2-9H,1H2. The van der Waals surface area contributed by atoms with E-state index in [1.165, 1.54) is 0 Å². The number of halogens is 2. The monoisotopic (exact) mass is 336 g/mol. The Hall–Kier alpha value is -0.860. The first-order chi connectivity index (χ1) is 7.66. The summed E-state index contributed by atoms with van der Waals surface area (Å²) in [6, 6.07) is 16.3. The van der Waals surface area contributed by atoms with Crippen molar-refractivity contribution in [3.8, 4) is 0 Å². The Bertz CT molecular complexity index is 482. The van der Waals surface area contributed by atoms with Crippen LogP contribution in [0.5, 0.6) is 0 Å². The molecule has 0 unspecified atom stereocenters. The lowest BCUT2D eigenvalue weighted by molar-refractivity contribution is 1.52. The molecule has 0 N–H and O–H groups in total. The number of hydrogen-bond acceptors (Lipinski definition) is 0. The van der Waals surface area contributed by atoms with E-state index >= 15 is 0 Å². The van der Waals surface area contributed by atoms with E-state index in [0.29, 0.717) is 0 Å². The van der Waals surface area contributed by atoms with Gasteiger partial charge in [-0.15, -0.1) is 0 Å². The third-order valence-corrected chi connectivity index (χ3v) is 3.33. The van der Waals surface area contributed by atoms with Crippen LogP contribution in [-0.4, -0.2) is 0 Å². The quantitative estimate of drug-likeness (QED) is 0.700. The van der Waals surface area contributed by atoms with E-state index in [9.17, 15) is 0 Å². The van der Waals surface area contributed by atoms with Crippen molar-refractivity contribution in [2.24, 2.45) is 0 Å². The summed E-state index contributed by atoms with van der Waals surface area (Å²) in [5, 5.41) is 0. The van der Waals surface area contributed by atoms with Gasteiger partial charge in [0.05, 0.1) is 0 Å². The number of hydrogen-bond donors (Lipinski definition) is 0. The van der Waals surface area contributed by atoms with Crippen molar-refractivity contribution in [1.82, 2.24) is 0 Å². The van der Waals surface area contributed by atoms with Gasteiger partial charge in [0.1, 0.15) is 0 Å². The maximum atomic E-state index is 4.14. The molecule has 0 aromatic heterocycles. The molecule has 80 valence electrons. The molecule has 2 heteroatoms. The normalized spacial score (nSPS) is 10.1. The third kappa shape index (κ3) is 2.63. The van der Waals surface area contributed by atoms with Gasteiger partial charge in [-0.2, -0.15) is 0 Å². The Morgan fingerprint density at radius 2 is 1.25 bits per heavy atom. The second-order valence-electron chi connectivity index (χ2n) is 3.50. The minimum Gasteiger partial charge on any atom is -0.0906 e. The van der Waals surface area contributed by atoms with Crippen LogP contribution in [0.3, 0.4) is 0 Å². The predicted octanol–water partition coefficient (Wildman–Crippen LogP) is 5.27. The summed E-state index contributed by atoms with van der Waals surface area (Å²) in [6.07, 6.45) is 0. The maximum absolute atomic E-state index is 4.14. The zero-order valence-electron chi connectivity index (χ0n) is 8.58. The summed E-state index contributed by atoms with van der Waals surface area (Å²) in [7, 11) is 0. The van der Waals surface area contributed by atoms with Crippen molar-refractivity contribution >= 4 is 37.4 Å². The largest absolute Gasteiger partial charge is 0.0906 e. The van der Waals surface area contributed by atoms with Crippen molar-refractivity contribution in [3.05, 3.63) is 75.2 Å². The fourth-order valence-corrected chi connectivity index (χ4v) is 2.32. The molecular formula is C14H10Br2. The van der Waals surface area contributed by atoms with E-state index in [4.69, 9.17) is 0 Å². The summed E-state index contributed by atoms with van der Waals surface area (Å²) in [4.78, 5) is 0. The summed E-state index contributed by atoms with van der Waals surface area (Å²) in [5.41, 5.74) is 3.29. The third-order valence-electron chi connectivity index (χ3n) is 2.35. The molecule has 0 saturated carbocycles. The molecule has 0 aliphatic carbocycles. The van der Waals surface area contributed by atoms with E-state index in [1.54, 1.807) is 0 Å². The first-order valence-corrected chi connectivity index (χ1v) is 6.46. The van der Waals surface area contributed by atoms with Crippen LogP contribution >= 0.6 is 31.9 Å². The van der Waals surface area contributed by atoms with Crippen LogP contribution < -0.4 is 0 Å². The first kappa shape index (κ1) is 11.6. The van der Waals surface area contributed by atoms with Crippen LogP contribution in [0.25, 0.3) is 5.57 Å². The Labute approximate surface area is 112 Å². The highest BCUT2D eigenvalue weighted by Crippen LogP contribution is 2.25. The molecular weight excluding hydrogens is 328 g/mol. The van der Waals surface area contributed by atoms with Crippen LogP contribution in [0.2, 0.25) is 0 Å². The fourth-order valence-electron chi connectivity index (χ4n) is 1.52. The molecule has 0 aliphatic heterocycles. The average Bonchev–Trinajstić information content (AvgIpc) is 2.28. The van der Waals surface area contributed by atoms with Crippen molar-refractivity contribution < 1.29 is 0 Å². The van der Waals surface area contributed by atoms with Gasteiger partial charge >= 0.3 is 0 Å². The van der Waals surface area contributed by atoms with Crippen LogP contribution in [0, 0.1) is 0 Å². The lowest BCUT2D eigenvalue weighted by Gasteiger charge is -2.07. The van der Waals surface area contributed by atoms with Gasteiger partial charge in [0.15, 0.2) is 0 Å². The van der Waals surface area contributed by atoms with Gasteiger partial charge in [-0.3, -0.25) is 0 Å². The predicted molar refractivity (Wildman–Crippen MR) is 76.4 cm³/mol. The Morgan fingerprint density at radius 1 is 0.812 bits per heavy atom. The van der Waals surface area contributed by atoms with Gasteiger partial charge < -0.3 is 0 Å². The van der Waals surface area contributed by atoms with Gasteiger partial charge in [0.25, 0.3) is 0 Å². The zero-order chi connectivity index (χ0) is 11.5. The Kier molecular flexibility index (Phi) is 3.62. The molecule has 0 aliphatic rings. The highest BCUT2D eigenvalue weighted by Gasteiger charge is 2.02. The van der Waals surface area contributed by atoms with E-state index in [-0.39, 0.29) is 0 Å². The second kappa shape index (κ2) is 4.98. The minimum atomic E-state index is 1.03. The van der Waals surface area contributed by atoms with Crippen LogP contribution in [0.1, 0.15) is 11.1 Å². The molecule has 0 nitrogen and oxygen atoms in total. The van der Waals surface area contributed by atoms with E-state index in [2.05, 4.69) is 62.7 Å². The summed E-state index contributed by atoms with van der Waals surface area (Å²) in [5.74, 6) is 0. The lowest BCUT2D eigenvalue weighted by Crippen LogP contribution is -1.85. The smallest absolute Gasteiger partial charge is 0.0181 e. The van der Waals surface area contributed by atoms with Crippen molar-refractivity contribution in [2.75, 3.05) is 0 Å². The summed E-state index contributed by atoms with van der Waals surface area (Å²) >= 11 is 6.93. The molecule has 0 bridgehead atoms.